The van der Waals surface area contributed by atoms with Crippen molar-refractivity contribution >= 4 is 0 Å². The molecule has 0 aliphatic heterocycles. The van der Waals surface area contributed by atoms with Gasteiger partial charge in [-0.25, -0.2) is 0 Å². The normalized spacial score (nSPS) is 29.6. The summed E-state index contributed by atoms with van der Waals surface area (Å²) >= 11 is 0. The molecule has 3 nitrogen and oxygen atoms in total. The Balaban J connectivity index is 1.93. The highest BCUT2D eigenvalue weighted by Gasteiger charge is 2.32. The zero-order chi connectivity index (χ0) is 15.4. The van der Waals surface area contributed by atoms with E-state index in [1.807, 2.05) is 6.07 Å². The van der Waals surface area contributed by atoms with Crippen LogP contribution in [0.25, 0.3) is 0 Å². The molecular weight excluding hydrogens is 260 g/mol. The van der Waals surface area contributed by atoms with Gasteiger partial charge in [-0.05, 0) is 55.3 Å². The summed E-state index contributed by atoms with van der Waals surface area (Å²) in [7, 11) is 3.91. The topological polar surface area (TPSA) is 38.5 Å². The van der Waals surface area contributed by atoms with Gasteiger partial charge in [-0.15, -0.1) is 0 Å². The van der Waals surface area contributed by atoms with Crippen LogP contribution < -0.4 is 10.5 Å². The van der Waals surface area contributed by atoms with E-state index >= 15 is 0 Å². The standard InChI is InChI=1S/C18H30N2O/c1-13-8-14(2)17(18(19)9-13)12-20(3)11-15-6-5-7-16(10-15)21-4/h5-7,10,13-14,17-18H,8-9,11-12,19H2,1-4H3. The molecule has 0 aromatic heterocycles. The van der Waals surface area contributed by atoms with Crippen molar-refractivity contribution in [1.82, 2.24) is 4.90 Å². The number of methoxy groups -OCH3 is 1. The maximum Gasteiger partial charge on any atom is 0.119 e. The first kappa shape index (κ1) is 16.3. The van der Waals surface area contributed by atoms with Crippen LogP contribution in [0.5, 0.6) is 5.75 Å². The van der Waals surface area contributed by atoms with E-state index in [1.54, 1.807) is 7.11 Å². The summed E-state index contributed by atoms with van der Waals surface area (Å²) < 4.78 is 5.29. The highest BCUT2D eigenvalue weighted by molar-refractivity contribution is 5.28. The summed E-state index contributed by atoms with van der Waals surface area (Å²) in [6, 6.07) is 8.66. The molecule has 3 heteroatoms. The van der Waals surface area contributed by atoms with Crippen LogP contribution in [0.15, 0.2) is 24.3 Å². The van der Waals surface area contributed by atoms with Crippen molar-refractivity contribution in [3.05, 3.63) is 29.8 Å². The van der Waals surface area contributed by atoms with E-state index in [2.05, 4.69) is 44.0 Å². The van der Waals surface area contributed by atoms with Gasteiger partial charge in [0.1, 0.15) is 5.75 Å². The molecule has 21 heavy (non-hydrogen) atoms. The molecule has 1 aromatic rings. The molecule has 118 valence electrons. The third-order valence-electron chi connectivity index (χ3n) is 4.84. The SMILES string of the molecule is COc1cccc(CN(C)CC2C(C)CC(C)CC2N)c1. The second-order valence-electron chi connectivity index (χ2n) is 6.93. The average Bonchev–Trinajstić information content (AvgIpc) is 2.43. The second-order valence-corrected chi connectivity index (χ2v) is 6.93. The molecule has 4 unspecified atom stereocenters. The van der Waals surface area contributed by atoms with E-state index < -0.39 is 0 Å². The first-order valence-corrected chi connectivity index (χ1v) is 8.06. The van der Waals surface area contributed by atoms with Gasteiger partial charge in [-0.3, -0.25) is 0 Å². The van der Waals surface area contributed by atoms with Crippen LogP contribution in [0.1, 0.15) is 32.3 Å². The fourth-order valence-corrected chi connectivity index (χ4v) is 3.79. The zero-order valence-corrected chi connectivity index (χ0v) is 13.9. The quantitative estimate of drug-likeness (QED) is 0.905. The van der Waals surface area contributed by atoms with Gasteiger partial charge in [0.2, 0.25) is 0 Å². The molecule has 0 bridgehead atoms. The van der Waals surface area contributed by atoms with Crippen LogP contribution in [0.3, 0.4) is 0 Å². The molecule has 2 N–H and O–H groups in total. The highest BCUT2D eigenvalue weighted by Crippen LogP contribution is 2.33. The Hall–Kier alpha value is -1.06. The first-order chi connectivity index (χ1) is 9.99. The van der Waals surface area contributed by atoms with Crippen molar-refractivity contribution in [2.24, 2.45) is 23.5 Å². The third kappa shape index (κ3) is 4.45. The second kappa shape index (κ2) is 7.28. The maximum atomic E-state index is 6.40. The monoisotopic (exact) mass is 290 g/mol. The molecule has 1 aliphatic rings. The molecule has 1 fully saturated rings. The van der Waals surface area contributed by atoms with E-state index in [0.29, 0.717) is 12.0 Å². The van der Waals surface area contributed by atoms with Crippen LogP contribution in [0.2, 0.25) is 0 Å². The Morgan fingerprint density at radius 1 is 1.29 bits per heavy atom. The summed E-state index contributed by atoms with van der Waals surface area (Å²) in [5.74, 6) is 3.03. The lowest BCUT2D eigenvalue weighted by Gasteiger charge is -2.39. The molecule has 1 aromatic carbocycles. The number of benzene rings is 1. The largest absolute Gasteiger partial charge is 0.497 e. The summed E-state index contributed by atoms with van der Waals surface area (Å²) in [6.07, 6.45) is 2.48. The predicted octanol–water partition coefficient (Wildman–Crippen LogP) is 3.14. The van der Waals surface area contributed by atoms with E-state index in [-0.39, 0.29) is 0 Å². The Morgan fingerprint density at radius 2 is 2.05 bits per heavy atom. The van der Waals surface area contributed by atoms with Crippen molar-refractivity contribution in [3.63, 3.8) is 0 Å². The highest BCUT2D eigenvalue weighted by atomic mass is 16.5. The van der Waals surface area contributed by atoms with Crippen molar-refractivity contribution in [2.75, 3.05) is 20.7 Å². The fourth-order valence-electron chi connectivity index (χ4n) is 3.79. The van der Waals surface area contributed by atoms with Crippen molar-refractivity contribution < 1.29 is 4.74 Å². The molecule has 1 aliphatic carbocycles. The summed E-state index contributed by atoms with van der Waals surface area (Å²) in [6.45, 7) is 6.71. The Bertz CT molecular complexity index is 437. The lowest BCUT2D eigenvalue weighted by molar-refractivity contribution is 0.127. The minimum atomic E-state index is 0.344. The minimum absolute atomic E-state index is 0.344. The van der Waals surface area contributed by atoms with E-state index in [4.69, 9.17) is 10.5 Å². The minimum Gasteiger partial charge on any atom is -0.497 e. The van der Waals surface area contributed by atoms with Crippen LogP contribution in [-0.2, 0) is 6.54 Å². The van der Waals surface area contributed by atoms with Crippen molar-refractivity contribution in [3.8, 4) is 5.75 Å². The molecule has 0 heterocycles. The van der Waals surface area contributed by atoms with Gasteiger partial charge in [-0.2, -0.15) is 0 Å². The molecule has 0 amide bonds. The van der Waals surface area contributed by atoms with E-state index in [0.717, 1.165) is 30.7 Å². The Kier molecular flexibility index (Phi) is 5.65. The molecular formula is C18H30N2O. The number of ether oxygens (including phenoxy) is 1. The molecule has 1 saturated carbocycles. The summed E-state index contributed by atoms with van der Waals surface area (Å²) in [5.41, 5.74) is 7.69. The van der Waals surface area contributed by atoms with Gasteiger partial charge < -0.3 is 15.4 Å². The number of hydrogen-bond donors (Lipinski definition) is 1. The van der Waals surface area contributed by atoms with Gasteiger partial charge in [-0.1, -0.05) is 26.0 Å². The first-order valence-electron chi connectivity index (χ1n) is 8.06. The lowest BCUT2D eigenvalue weighted by atomic mass is 9.72. The Morgan fingerprint density at radius 3 is 2.71 bits per heavy atom. The average molecular weight is 290 g/mol. The fraction of sp³-hybridized carbons (Fsp3) is 0.667. The van der Waals surface area contributed by atoms with Crippen molar-refractivity contribution in [1.29, 1.82) is 0 Å². The lowest BCUT2D eigenvalue weighted by Crippen LogP contribution is -2.45. The predicted molar refractivity (Wildman–Crippen MR) is 88.4 cm³/mol. The van der Waals surface area contributed by atoms with E-state index in [9.17, 15) is 0 Å². The maximum absolute atomic E-state index is 6.40. The number of hydrogen-bond acceptors (Lipinski definition) is 3. The van der Waals surface area contributed by atoms with Crippen LogP contribution in [0, 0.1) is 17.8 Å². The summed E-state index contributed by atoms with van der Waals surface area (Å²) in [5, 5.41) is 0. The van der Waals surface area contributed by atoms with Gasteiger partial charge in [0.15, 0.2) is 0 Å². The zero-order valence-electron chi connectivity index (χ0n) is 13.9. The van der Waals surface area contributed by atoms with Crippen LogP contribution in [-0.4, -0.2) is 31.6 Å². The van der Waals surface area contributed by atoms with Crippen LogP contribution in [0.4, 0.5) is 0 Å². The van der Waals surface area contributed by atoms with E-state index in [1.165, 1.54) is 18.4 Å². The number of nitrogens with two attached hydrogens (primary N) is 1. The smallest absolute Gasteiger partial charge is 0.119 e. The number of nitrogens with zero attached hydrogens (tertiary/aromatic N) is 1. The molecule has 0 spiro atoms. The van der Waals surface area contributed by atoms with Crippen LogP contribution >= 0.6 is 0 Å². The molecule has 0 saturated heterocycles. The van der Waals surface area contributed by atoms with Gasteiger partial charge in [0, 0.05) is 19.1 Å². The number of rotatable bonds is 5. The molecule has 2 rings (SSSR count). The Labute approximate surface area is 129 Å². The molecule has 4 atom stereocenters. The van der Waals surface area contributed by atoms with Gasteiger partial charge in [0.05, 0.1) is 7.11 Å². The van der Waals surface area contributed by atoms with Crippen molar-refractivity contribution in [2.45, 2.75) is 39.3 Å². The molecule has 0 radical (unpaired) electrons. The summed E-state index contributed by atoms with van der Waals surface area (Å²) in [4.78, 5) is 2.39. The third-order valence-corrected chi connectivity index (χ3v) is 4.84. The van der Waals surface area contributed by atoms with Gasteiger partial charge in [0.25, 0.3) is 0 Å². The van der Waals surface area contributed by atoms with Gasteiger partial charge >= 0.3 is 0 Å².